The van der Waals surface area contributed by atoms with Gasteiger partial charge in [-0.1, -0.05) is 60.8 Å². The molecule has 0 fully saturated rings. The summed E-state index contributed by atoms with van der Waals surface area (Å²) in [6.45, 7) is 7.02. The van der Waals surface area contributed by atoms with Gasteiger partial charge in [0.2, 0.25) is 11.8 Å². The largest absolute Gasteiger partial charge is 0.354 e. The number of carbonyl (C=O) groups is 2. The first-order chi connectivity index (χ1) is 18.9. The Morgan fingerprint density at radius 1 is 1.00 bits per heavy atom. The lowest BCUT2D eigenvalue weighted by atomic mass is 10.1. The summed E-state index contributed by atoms with van der Waals surface area (Å²) in [4.78, 5) is 28.3. The highest BCUT2D eigenvalue weighted by Crippen LogP contribution is 2.30. The van der Waals surface area contributed by atoms with E-state index < -0.39 is 34.3 Å². The van der Waals surface area contributed by atoms with Crippen LogP contribution in [0.4, 0.5) is 10.1 Å². The van der Waals surface area contributed by atoms with Gasteiger partial charge >= 0.3 is 0 Å². The van der Waals surface area contributed by atoms with Gasteiger partial charge in [0.15, 0.2) is 0 Å². The number of hydrogen-bond donors (Lipinski definition) is 1. The minimum atomic E-state index is -4.20. The van der Waals surface area contributed by atoms with Crippen molar-refractivity contribution in [2.75, 3.05) is 17.4 Å². The molecule has 3 rings (SSSR count). The summed E-state index contributed by atoms with van der Waals surface area (Å²) in [5.41, 5.74) is 2.33. The molecule has 0 aliphatic rings. The highest BCUT2D eigenvalue weighted by Gasteiger charge is 2.33. The topological polar surface area (TPSA) is 86.8 Å². The SMILES string of the molecule is CCCCNC(=O)C(C)N(Cc1ccc(F)cc1)C(=O)CN(c1cc(Cl)ccc1C)S(=O)(=O)c1ccc(C)cc1. The molecule has 10 heteroatoms. The molecule has 0 aliphatic carbocycles. The number of benzene rings is 3. The molecule has 7 nitrogen and oxygen atoms in total. The van der Waals surface area contributed by atoms with Crippen LogP contribution in [0.25, 0.3) is 0 Å². The summed E-state index contributed by atoms with van der Waals surface area (Å²) in [6.07, 6.45) is 1.67. The molecule has 40 heavy (non-hydrogen) atoms. The summed E-state index contributed by atoms with van der Waals surface area (Å²) in [5.74, 6) is -1.40. The van der Waals surface area contributed by atoms with Crippen LogP contribution in [0.2, 0.25) is 5.02 Å². The second-order valence-electron chi connectivity index (χ2n) is 9.72. The van der Waals surface area contributed by atoms with Crippen LogP contribution in [0.1, 0.15) is 43.4 Å². The van der Waals surface area contributed by atoms with Gasteiger partial charge in [-0.25, -0.2) is 12.8 Å². The van der Waals surface area contributed by atoms with E-state index in [2.05, 4.69) is 5.32 Å². The van der Waals surface area contributed by atoms with Gasteiger partial charge in [-0.05, 0) is 74.7 Å². The molecule has 0 heterocycles. The molecule has 0 radical (unpaired) electrons. The number of hydrogen-bond acceptors (Lipinski definition) is 4. The molecular weight excluding hydrogens is 553 g/mol. The van der Waals surface area contributed by atoms with E-state index in [1.807, 2.05) is 13.8 Å². The minimum Gasteiger partial charge on any atom is -0.354 e. The lowest BCUT2D eigenvalue weighted by molar-refractivity contribution is -0.139. The van der Waals surface area contributed by atoms with Crippen molar-refractivity contribution < 1.29 is 22.4 Å². The number of amides is 2. The molecule has 1 atom stereocenters. The molecule has 0 aromatic heterocycles. The van der Waals surface area contributed by atoms with E-state index in [1.165, 1.54) is 47.4 Å². The monoisotopic (exact) mass is 587 g/mol. The van der Waals surface area contributed by atoms with E-state index in [0.717, 1.165) is 22.7 Å². The molecule has 2 amide bonds. The Kier molecular flexibility index (Phi) is 10.7. The van der Waals surface area contributed by atoms with Gasteiger partial charge in [0, 0.05) is 18.1 Å². The third-order valence-electron chi connectivity index (χ3n) is 6.59. The van der Waals surface area contributed by atoms with Crippen LogP contribution in [0.15, 0.2) is 71.6 Å². The van der Waals surface area contributed by atoms with Gasteiger partial charge in [0.05, 0.1) is 10.6 Å². The van der Waals surface area contributed by atoms with Crippen molar-refractivity contribution in [3.05, 3.63) is 94.3 Å². The van der Waals surface area contributed by atoms with Crippen LogP contribution >= 0.6 is 11.6 Å². The Labute approximate surface area is 241 Å². The first-order valence-electron chi connectivity index (χ1n) is 13.1. The Morgan fingerprint density at radius 2 is 1.65 bits per heavy atom. The maximum Gasteiger partial charge on any atom is 0.264 e. The molecular formula is C30H35ClFN3O4S. The number of unbranched alkanes of at least 4 members (excludes halogenated alkanes) is 1. The van der Waals surface area contributed by atoms with Gasteiger partial charge in [0.1, 0.15) is 18.4 Å². The van der Waals surface area contributed by atoms with Crippen molar-refractivity contribution in [1.82, 2.24) is 10.2 Å². The highest BCUT2D eigenvalue weighted by atomic mass is 35.5. The lowest BCUT2D eigenvalue weighted by Gasteiger charge is -2.32. The fraction of sp³-hybridized carbons (Fsp3) is 0.333. The third-order valence-corrected chi connectivity index (χ3v) is 8.60. The summed E-state index contributed by atoms with van der Waals surface area (Å²) in [5, 5.41) is 3.14. The van der Waals surface area contributed by atoms with Crippen molar-refractivity contribution in [3.8, 4) is 0 Å². The van der Waals surface area contributed by atoms with Gasteiger partial charge in [0.25, 0.3) is 10.0 Å². The first kappa shape index (κ1) is 31.1. The molecule has 0 aliphatic heterocycles. The summed E-state index contributed by atoms with van der Waals surface area (Å²) < 4.78 is 42.5. The Hall–Kier alpha value is -3.43. The molecule has 0 saturated heterocycles. The van der Waals surface area contributed by atoms with Gasteiger partial charge in [-0.2, -0.15) is 0 Å². The van der Waals surface area contributed by atoms with Crippen LogP contribution in [-0.4, -0.2) is 44.3 Å². The van der Waals surface area contributed by atoms with Crippen molar-refractivity contribution in [3.63, 3.8) is 0 Å². The maximum atomic E-state index is 13.9. The van der Waals surface area contributed by atoms with E-state index in [4.69, 9.17) is 11.6 Å². The van der Waals surface area contributed by atoms with Crippen molar-refractivity contribution in [2.45, 2.75) is 58.0 Å². The zero-order valence-corrected chi connectivity index (χ0v) is 24.7. The van der Waals surface area contributed by atoms with Gasteiger partial charge in [-0.3, -0.25) is 13.9 Å². The predicted octanol–water partition coefficient (Wildman–Crippen LogP) is 5.62. The fourth-order valence-electron chi connectivity index (χ4n) is 4.11. The molecule has 0 saturated carbocycles. The number of carbonyl (C=O) groups excluding carboxylic acids is 2. The molecule has 214 valence electrons. The number of nitrogens with one attached hydrogen (secondary N) is 1. The highest BCUT2D eigenvalue weighted by molar-refractivity contribution is 7.92. The van der Waals surface area contributed by atoms with Crippen LogP contribution < -0.4 is 9.62 Å². The smallest absolute Gasteiger partial charge is 0.264 e. The predicted molar refractivity (Wildman–Crippen MR) is 156 cm³/mol. The molecule has 3 aromatic rings. The van der Waals surface area contributed by atoms with Crippen LogP contribution in [0.3, 0.4) is 0 Å². The quantitative estimate of drug-likeness (QED) is 0.279. The molecule has 1 N–H and O–H groups in total. The van der Waals surface area contributed by atoms with E-state index in [1.54, 1.807) is 38.1 Å². The van der Waals surface area contributed by atoms with E-state index in [0.29, 0.717) is 22.7 Å². The summed E-state index contributed by atoms with van der Waals surface area (Å²) in [7, 11) is -4.20. The average molecular weight is 588 g/mol. The lowest BCUT2D eigenvalue weighted by Crippen LogP contribution is -2.51. The Balaban J connectivity index is 2.04. The van der Waals surface area contributed by atoms with Gasteiger partial charge < -0.3 is 10.2 Å². The van der Waals surface area contributed by atoms with Crippen molar-refractivity contribution in [1.29, 1.82) is 0 Å². The maximum absolute atomic E-state index is 13.9. The number of anilines is 1. The van der Waals surface area contributed by atoms with Crippen LogP contribution in [0, 0.1) is 19.7 Å². The Morgan fingerprint density at radius 3 is 2.27 bits per heavy atom. The molecule has 0 bridgehead atoms. The molecule has 0 spiro atoms. The van der Waals surface area contributed by atoms with E-state index >= 15 is 0 Å². The van der Waals surface area contributed by atoms with Crippen LogP contribution in [-0.2, 0) is 26.2 Å². The summed E-state index contributed by atoms with van der Waals surface area (Å²) >= 11 is 6.25. The number of aryl methyl sites for hydroxylation is 2. The normalized spacial score (nSPS) is 12.1. The number of halogens is 2. The second-order valence-corrected chi connectivity index (χ2v) is 12.0. The van der Waals surface area contributed by atoms with Crippen molar-refractivity contribution >= 4 is 39.1 Å². The zero-order chi connectivity index (χ0) is 29.4. The van der Waals surface area contributed by atoms with Gasteiger partial charge in [-0.15, -0.1) is 0 Å². The number of nitrogens with zero attached hydrogens (tertiary/aromatic N) is 2. The average Bonchev–Trinajstić information content (AvgIpc) is 2.92. The van der Waals surface area contributed by atoms with Crippen LogP contribution in [0.5, 0.6) is 0 Å². The van der Waals surface area contributed by atoms with E-state index in [-0.39, 0.29) is 23.0 Å². The fourth-order valence-corrected chi connectivity index (χ4v) is 5.74. The first-order valence-corrected chi connectivity index (χ1v) is 14.9. The molecule has 3 aromatic carbocycles. The standard InChI is InChI=1S/C30H35ClFN3O4S/c1-5-6-17-33-30(37)23(4)34(19-24-10-13-26(32)14-11-24)29(36)20-35(28-18-25(31)12-9-22(28)3)40(38,39)27-15-7-21(2)8-16-27/h7-16,18,23H,5-6,17,19-20H2,1-4H3,(H,33,37). The van der Waals surface area contributed by atoms with Crippen molar-refractivity contribution in [2.24, 2.45) is 0 Å². The number of rotatable bonds is 12. The number of sulfonamides is 1. The third kappa shape index (κ3) is 7.82. The summed E-state index contributed by atoms with van der Waals surface area (Å²) in [6, 6.07) is 15.8. The zero-order valence-electron chi connectivity index (χ0n) is 23.2. The molecule has 1 unspecified atom stereocenters. The second kappa shape index (κ2) is 13.8. The van der Waals surface area contributed by atoms with E-state index in [9.17, 15) is 22.4 Å². The minimum absolute atomic E-state index is 0.0146. The Bertz CT molecular complexity index is 1430.